The Morgan fingerprint density at radius 2 is 1.73 bits per heavy atom. The van der Waals surface area contributed by atoms with Gasteiger partial charge in [0.1, 0.15) is 18.5 Å². The minimum absolute atomic E-state index is 0.0667. The van der Waals surface area contributed by atoms with Crippen molar-refractivity contribution in [2.24, 2.45) is 0 Å². The van der Waals surface area contributed by atoms with E-state index < -0.39 is 6.10 Å². The van der Waals surface area contributed by atoms with Crippen molar-refractivity contribution in [3.8, 4) is 5.75 Å². The van der Waals surface area contributed by atoms with Crippen molar-refractivity contribution in [1.82, 2.24) is 4.90 Å². The van der Waals surface area contributed by atoms with E-state index in [4.69, 9.17) is 4.74 Å². The molecule has 0 bridgehead atoms. The summed E-state index contributed by atoms with van der Waals surface area (Å²) in [7, 11) is 0. The molecule has 0 aliphatic carbocycles. The van der Waals surface area contributed by atoms with E-state index in [-0.39, 0.29) is 13.2 Å². The third-order valence-electron chi connectivity index (χ3n) is 4.63. The smallest absolute Gasteiger partial charge is 0.122 e. The van der Waals surface area contributed by atoms with Gasteiger partial charge in [-0.3, -0.25) is 4.90 Å². The largest absolute Gasteiger partial charge is 0.491 e. The number of aliphatic hydroxyl groups is 2. The molecule has 0 aliphatic rings. The monoisotopic (exact) mass is 357 g/mol. The van der Waals surface area contributed by atoms with E-state index in [2.05, 4.69) is 32.0 Å². The summed E-state index contributed by atoms with van der Waals surface area (Å²) >= 11 is 0. The first-order valence-corrected chi connectivity index (χ1v) is 9.41. The number of aliphatic hydroxyl groups excluding tert-OH is 2. The lowest BCUT2D eigenvalue weighted by Crippen LogP contribution is -2.37. The van der Waals surface area contributed by atoms with E-state index in [9.17, 15) is 10.2 Å². The maximum atomic E-state index is 10.4. The molecule has 2 aromatic rings. The molecule has 0 aliphatic heterocycles. The van der Waals surface area contributed by atoms with E-state index in [1.807, 2.05) is 41.3 Å². The Morgan fingerprint density at radius 1 is 1.04 bits per heavy atom. The molecule has 2 unspecified atom stereocenters. The van der Waals surface area contributed by atoms with Crippen LogP contribution in [0, 0.1) is 0 Å². The zero-order valence-corrected chi connectivity index (χ0v) is 15.8. The van der Waals surface area contributed by atoms with Crippen molar-refractivity contribution in [3.63, 3.8) is 0 Å². The number of benzene rings is 2. The summed E-state index contributed by atoms with van der Waals surface area (Å²) in [4.78, 5) is 2.05. The van der Waals surface area contributed by atoms with Crippen LogP contribution < -0.4 is 4.74 Å². The lowest BCUT2D eigenvalue weighted by molar-refractivity contribution is 0.0586. The molecule has 0 amide bonds. The number of hydrogen-bond acceptors (Lipinski definition) is 4. The summed E-state index contributed by atoms with van der Waals surface area (Å²) in [5.74, 6) is 1.27. The Hall–Kier alpha value is -1.88. The maximum Gasteiger partial charge on any atom is 0.122 e. The van der Waals surface area contributed by atoms with Crippen molar-refractivity contribution in [2.75, 3.05) is 26.3 Å². The van der Waals surface area contributed by atoms with Crippen LogP contribution in [0.2, 0.25) is 0 Å². The third kappa shape index (κ3) is 6.45. The molecule has 0 aromatic heterocycles. The van der Waals surface area contributed by atoms with Gasteiger partial charge >= 0.3 is 0 Å². The summed E-state index contributed by atoms with van der Waals surface area (Å²) in [5, 5.41) is 19.7. The highest BCUT2D eigenvalue weighted by molar-refractivity contribution is 5.35. The van der Waals surface area contributed by atoms with Gasteiger partial charge in [0.2, 0.25) is 0 Å². The van der Waals surface area contributed by atoms with Crippen LogP contribution in [-0.2, 0) is 6.54 Å². The molecule has 142 valence electrons. The number of rotatable bonds is 11. The molecule has 0 fully saturated rings. The highest BCUT2D eigenvalue weighted by Gasteiger charge is 2.15. The predicted octanol–water partition coefficient (Wildman–Crippen LogP) is 3.43. The Labute approximate surface area is 157 Å². The van der Waals surface area contributed by atoms with Crippen LogP contribution >= 0.6 is 0 Å². The Morgan fingerprint density at radius 3 is 2.42 bits per heavy atom. The summed E-state index contributed by atoms with van der Waals surface area (Å²) in [5.41, 5.74) is 2.34. The quantitative estimate of drug-likeness (QED) is 0.647. The van der Waals surface area contributed by atoms with E-state index in [0.29, 0.717) is 25.6 Å². The second kappa shape index (κ2) is 11.0. The lowest BCUT2D eigenvalue weighted by atomic mass is 9.98. The first-order chi connectivity index (χ1) is 12.6. The van der Waals surface area contributed by atoms with Gasteiger partial charge in [-0.15, -0.1) is 0 Å². The minimum atomic E-state index is -0.616. The molecule has 0 saturated carbocycles. The first-order valence-electron chi connectivity index (χ1n) is 9.41. The molecular formula is C22H31NO3. The first kappa shape index (κ1) is 20.4. The highest BCUT2D eigenvalue weighted by Crippen LogP contribution is 2.28. The molecule has 0 spiro atoms. The van der Waals surface area contributed by atoms with Crippen molar-refractivity contribution >= 4 is 0 Å². The number of para-hydroxylation sites is 1. The van der Waals surface area contributed by atoms with Crippen LogP contribution in [0.25, 0.3) is 0 Å². The Balaban J connectivity index is 1.91. The average Bonchev–Trinajstić information content (AvgIpc) is 2.67. The maximum absolute atomic E-state index is 10.4. The lowest BCUT2D eigenvalue weighted by Gasteiger charge is -2.25. The molecule has 4 nitrogen and oxygen atoms in total. The predicted molar refractivity (Wildman–Crippen MR) is 105 cm³/mol. The van der Waals surface area contributed by atoms with E-state index in [0.717, 1.165) is 17.7 Å². The van der Waals surface area contributed by atoms with Gasteiger partial charge in [-0.05, 0) is 29.5 Å². The van der Waals surface area contributed by atoms with Gasteiger partial charge in [-0.2, -0.15) is 0 Å². The molecular weight excluding hydrogens is 326 g/mol. The van der Waals surface area contributed by atoms with Gasteiger partial charge in [-0.1, -0.05) is 62.4 Å². The second-order valence-electron chi connectivity index (χ2n) is 6.76. The second-order valence-corrected chi connectivity index (χ2v) is 6.76. The summed E-state index contributed by atoms with van der Waals surface area (Å²) in [6.45, 7) is 6.33. The molecule has 2 atom stereocenters. The van der Waals surface area contributed by atoms with E-state index >= 15 is 0 Å². The summed E-state index contributed by atoms with van der Waals surface area (Å²) in [6.07, 6.45) is 0.430. The molecule has 26 heavy (non-hydrogen) atoms. The molecule has 2 rings (SSSR count). The van der Waals surface area contributed by atoms with Crippen molar-refractivity contribution in [1.29, 1.82) is 0 Å². The molecule has 4 heteroatoms. The molecule has 0 heterocycles. The van der Waals surface area contributed by atoms with Crippen LogP contribution in [0.3, 0.4) is 0 Å². The fraction of sp³-hybridized carbons (Fsp3) is 0.455. The number of nitrogens with zero attached hydrogens (tertiary/aromatic N) is 1. The fourth-order valence-electron chi connectivity index (χ4n) is 2.99. The van der Waals surface area contributed by atoms with Crippen LogP contribution in [0.1, 0.15) is 37.3 Å². The molecule has 0 saturated heterocycles. The van der Waals surface area contributed by atoms with Crippen LogP contribution in [-0.4, -0.2) is 47.5 Å². The fourth-order valence-corrected chi connectivity index (χ4v) is 2.99. The van der Waals surface area contributed by atoms with Crippen LogP contribution in [0.4, 0.5) is 0 Å². The van der Waals surface area contributed by atoms with E-state index in [1.165, 1.54) is 5.56 Å². The number of hydrogen-bond donors (Lipinski definition) is 2. The van der Waals surface area contributed by atoms with Crippen LogP contribution in [0.15, 0.2) is 54.6 Å². The van der Waals surface area contributed by atoms with Crippen LogP contribution in [0.5, 0.6) is 5.75 Å². The Kier molecular flexibility index (Phi) is 8.62. The average molecular weight is 357 g/mol. The Bertz CT molecular complexity index is 632. The van der Waals surface area contributed by atoms with Gasteiger partial charge in [0.05, 0.1) is 6.61 Å². The SMILES string of the molecule is CCC(C)c1ccccc1OCC(O)CN(CCO)Cc1ccccc1. The zero-order valence-electron chi connectivity index (χ0n) is 15.8. The highest BCUT2D eigenvalue weighted by atomic mass is 16.5. The van der Waals surface area contributed by atoms with Crippen molar-refractivity contribution in [3.05, 3.63) is 65.7 Å². The van der Waals surface area contributed by atoms with Gasteiger partial charge in [-0.25, -0.2) is 0 Å². The normalized spacial score (nSPS) is 13.6. The third-order valence-corrected chi connectivity index (χ3v) is 4.63. The zero-order chi connectivity index (χ0) is 18.8. The summed E-state index contributed by atoms with van der Waals surface area (Å²) in [6, 6.07) is 18.1. The van der Waals surface area contributed by atoms with Crippen molar-refractivity contribution in [2.45, 2.75) is 38.8 Å². The van der Waals surface area contributed by atoms with Gasteiger partial charge in [0.25, 0.3) is 0 Å². The van der Waals surface area contributed by atoms with Gasteiger partial charge < -0.3 is 14.9 Å². The van der Waals surface area contributed by atoms with Gasteiger partial charge in [0, 0.05) is 19.6 Å². The summed E-state index contributed by atoms with van der Waals surface area (Å²) < 4.78 is 5.91. The molecule has 2 N–H and O–H groups in total. The van der Waals surface area contributed by atoms with E-state index in [1.54, 1.807) is 0 Å². The number of ether oxygens (including phenoxy) is 1. The standard InChI is InChI=1S/C22H31NO3/c1-3-18(2)21-11-7-8-12-22(21)26-17-20(25)16-23(13-14-24)15-19-9-5-4-6-10-19/h4-12,18,20,24-25H,3,13-17H2,1-2H3. The minimum Gasteiger partial charge on any atom is -0.491 e. The van der Waals surface area contributed by atoms with Gasteiger partial charge in [0.15, 0.2) is 0 Å². The molecule has 2 aromatic carbocycles. The molecule has 0 radical (unpaired) electrons. The van der Waals surface area contributed by atoms with Crippen molar-refractivity contribution < 1.29 is 14.9 Å². The topological polar surface area (TPSA) is 52.9 Å².